The minimum absolute atomic E-state index is 0.0912. The van der Waals surface area contributed by atoms with Gasteiger partial charge in [0.05, 0.1) is 6.54 Å². The molecule has 0 bridgehead atoms. The van der Waals surface area contributed by atoms with Crippen LogP contribution in [-0.4, -0.2) is 18.5 Å². The zero-order chi connectivity index (χ0) is 12.0. The van der Waals surface area contributed by atoms with Crippen LogP contribution < -0.4 is 10.6 Å². The van der Waals surface area contributed by atoms with Gasteiger partial charge in [0.1, 0.15) is 0 Å². The van der Waals surface area contributed by atoms with E-state index in [1.165, 1.54) is 0 Å². The summed E-state index contributed by atoms with van der Waals surface area (Å²) in [4.78, 5) is 12.6. The third-order valence-electron chi connectivity index (χ3n) is 2.04. The molecule has 0 spiro atoms. The topological polar surface area (TPSA) is 41.1 Å². The van der Waals surface area contributed by atoms with Crippen LogP contribution in [-0.2, 0) is 11.3 Å². The Labute approximate surface area is 109 Å². The van der Waals surface area contributed by atoms with Gasteiger partial charge in [-0.3, -0.25) is 4.79 Å². The van der Waals surface area contributed by atoms with E-state index in [9.17, 15) is 4.79 Å². The van der Waals surface area contributed by atoms with Gasteiger partial charge in [-0.25, -0.2) is 0 Å². The predicted octanol–water partition coefficient (Wildman–Crippen LogP) is 2.51. The number of rotatable bonds is 6. The quantitative estimate of drug-likeness (QED) is 0.848. The van der Waals surface area contributed by atoms with Crippen molar-refractivity contribution in [3.05, 3.63) is 20.8 Å². The Bertz CT molecular complexity index is 338. The van der Waals surface area contributed by atoms with Crippen molar-refractivity contribution in [1.82, 2.24) is 10.6 Å². The molecule has 1 aromatic rings. The molecule has 0 aromatic carbocycles. The van der Waals surface area contributed by atoms with E-state index >= 15 is 0 Å². The van der Waals surface area contributed by atoms with Crippen LogP contribution in [0.25, 0.3) is 0 Å². The first kappa shape index (κ1) is 13.7. The van der Waals surface area contributed by atoms with Crippen molar-refractivity contribution in [2.24, 2.45) is 0 Å². The molecule has 0 fully saturated rings. The van der Waals surface area contributed by atoms with Gasteiger partial charge in [0.15, 0.2) is 0 Å². The van der Waals surface area contributed by atoms with Crippen molar-refractivity contribution in [3.8, 4) is 0 Å². The fourth-order valence-corrected chi connectivity index (χ4v) is 2.63. The highest BCUT2D eigenvalue weighted by Gasteiger charge is 2.04. The van der Waals surface area contributed by atoms with Gasteiger partial charge in [-0.15, -0.1) is 11.3 Å². The zero-order valence-corrected chi connectivity index (χ0v) is 12.0. The lowest BCUT2D eigenvalue weighted by Crippen LogP contribution is -2.30. The van der Waals surface area contributed by atoms with Crippen molar-refractivity contribution in [2.75, 3.05) is 6.54 Å². The largest absolute Gasteiger partial charge is 0.351 e. The van der Waals surface area contributed by atoms with Gasteiger partial charge in [-0.2, -0.15) is 0 Å². The average molecular weight is 305 g/mol. The third-order valence-corrected chi connectivity index (χ3v) is 3.97. The van der Waals surface area contributed by atoms with E-state index in [2.05, 4.69) is 40.4 Å². The normalized spacial score (nSPS) is 10.8. The van der Waals surface area contributed by atoms with Crippen LogP contribution in [0.3, 0.4) is 0 Å². The molecule has 0 saturated carbocycles. The minimum Gasteiger partial charge on any atom is -0.351 e. The molecule has 1 amide bonds. The molecule has 0 radical (unpaired) electrons. The Morgan fingerprint density at radius 1 is 1.56 bits per heavy atom. The maximum Gasteiger partial charge on any atom is 0.221 e. The second kappa shape index (κ2) is 7.04. The molecule has 3 nitrogen and oxygen atoms in total. The fourth-order valence-electron chi connectivity index (χ4n) is 1.19. The second-order valence-corrected chi connectivity index (χ2v) is 5.68. The lowest BCUT2D eigenvalue weighted by molar-refractivity contribution is -0.121. The van der Waals surface area contributed by atoms with Crippen LogP contribution in [0.1, 0.15) is 25.1 Å². The summed E-state index contributed by atoms with van der Waals surface area (Å²) in [6, 6.07) is 2.42. The van der Waals surface area contributed by atoms with Gasteiger partial charge >= 0.3 is 0 Å². The van der Waals surface area contributed by atoms with Gasteiger partial charge in [-0.1, -0.05) is 13.8 Å². The SMILES string of the molecule is CC(C)NCCC(=O)NCc1sccc1Br. The molecule has 16 heavy (non-hydrogen) atoms. The number of carbonyl (C=O) groups excluding carboxylic acids is 1. The highest BCUT2D eigenvalue weighted by molar-refractivity contribution is 9.10. The van der Waals surface area contributed by atoms with Gasteiger partial charge < -0.3 is 10.6 Å². The van der Waals surface area contributed by atoms with E-state index in [0.717, 1.165) is 15.9 Å². The Hall–Kier alpha value is -0.390. The fraction of sp³-hybridized carbons (Fsp3) is 0.545. The van der Waals surface area contributed by atoms with Crippen LogP contribution in [0, 0.1) is 0 Å². The summed E-state index contributed by atoms with van der Waals surface area (Å²) >= 11 is 5.08. The van der Waals surface area contributed by atoms with Crippen molar-refractivity contribution < 1.29 is 4.79 Å². The summed E-state index contributed by atoms with van der Waals surface area (Å²) in [5.74, 6) is 0.0912. The highest BCUT2D eigenvalue weighted by Crippen LogP contribution is 2.21. The number of hydrogen-bond donors (Lipinski definition) is 2. The first-order chi connectivity index (χ1) is 7.59. The maximum atomic E-state index is 11.5. The maximum absolute atomic E-state index is 11.5. The van der Waals surface area contributed by atoms with Crippen molar-refractivity contribution in [2.45, 2.75) is 32.9 Å². The summed E-state index contributed by atoms with van der Waals surface area (Å²) in [7, 11) is 0. The third kappa shape index (κ3) is 5.09. The molecule has 0 aliphatic heterocycles. The zero-order valence-electron chi connectivity index (χ0n) is 9.55. The van der Waals surface area contributed by atoms with E-state index in [4.69, 9.17) is 0 Å². The molecule has 0 aliphatic rings. The van der Waals surface area contributed by atoms with E-state index < -0.39 is 0 Å². The molecule has 1 heterocycles. The first-order valence-electron chi connectivity index (χ1n) is 5.31. The minimum atomic E-state index is 0.0912. The molecule has 90 valence electrons. The standard InChI is InChI=1S/C11H17BrN2OS/c1-8(2)13-5-3-11(15)14-7-10-9(12)4-6-16-10/h4,6,8,13H,3,5,7H2,1-2H3,(H,14,15). The molecule has 5 heteroatoms. The van der Waals surface area contributed by atoms with Gasteiger partial charge in [0, 0.05) is 28.4 Å². The smallest absolute Gasteiger partial charge is 0.221 e. The van der Waals surface area contributed by atoms with Crippen LogP contribution in [0.5, 0.6) is 0 Å². The Morgan fingerprint density at radius 2 is 2.31 bits per heavy atom. The van der Waals surface area contributed by atoms with Crippen molar-refractivity contribution in [3.63, 3.8) is 0 Å². The summed E-state index contributed by atoms with van der Waals surface area (Å²) in [6.07, 6.45) is 0.529. The van der Waals surface area contributed by atoms with E-state index in [-0.39, 0.29) is 5.91 Å². The molecule has 1 aromatic heterocycles. The summed E-state index contributed by atoms with van der Waals surface area (Å²) < 4.78 is 1.07. The summed E-state index contributed by atoms with van der Waals surface area (Å²) in [6.45, 7) is 5.48. The number of hydrogen-bond acceptors (Lipinski definition) is 3. The van der Waals surface area contributed by atoms with Gasteiger partial charge in [0.25, 0.3) is 0 Å². The van der Waals surface area contributed by atoms with E-state index in [1.54, 1.807) is 11.3 Å². The number of carbonyl (C=O) groups is 1. The van der Waals surface area contributed by atoms with Crippen LogP contribution in [0.15, 0.2) is 15.9 Å². The van der Waals surface area contributed by atoms with Gasteiger partial charge in [-0.05, 0) is 27.4 Å². The highest BCUT2D eigenvalue weighted by atomic mass is 79.9. The monoisotopic (exact) mass is 304 g/mol. The number of amides is 1. The molecule has 0 saturated heterocycles. The molecule has 0 atom stereocenters. The first-order valence-corrected chi connectivity index (χ1v) is 6.99. The predicted molar refractivity (Wildman–Crippen MR) is 71.6 cm³/mol. The lowest BCUT2D eigenvalue weighted by atomic mass is 10.3. The van der Waals surface area contributed by atoms with E-state index in [1.807, 2.05) is 11.4 Å². The number of thiophene rings is 1. The molecule has 0 aliphatic carbocycles. The molecular weight excluding hydrogens is 288 g/mol. The lowest BCUT2D eigenvalue weighted by Gasteiger charge is -2.08. The molecule has 2 N–H and O–H groups in total. The number of nitrogens with one attached hydrogen (secondary N) is 2. The number of halogens is 1. The summed E-state index contributed by atoms with van der Waals surface area (Å²) in [5, 5.41) is 8.12. The van der Waals surface area contributed by atoms with Crippen LogP contribution in [0.2, 0.25) is 0 Å². The molecular formula is C11H17BrN2OS. The van der Waals surface area contributed by atoms with Gasteiger partial charge in [0.2, 0.25) is 5.91 Å². The van der Waals surface area contributed by atoms with Crippen molar-refractivity contribution in [1.29, 1.82) is 0 Å². The van der Waals surface area contributed by atoms with Crippen LogP contribution in [0.4, 0.5) is 0 Å². The molecule has 1 rings (SSSR count). The van der Waals surface area contributed by atoms with Crippen LogP contribution >= 0.6 is 27.3 Å². The Kier molecular flexibility index (Phi) is 6.01. The Morgan fingerprint density at radius 3 is 2.88 bits per heavy atom. The summed E-state index contributed by atoms with van der Waals surface area (Å²) in [5.41, 5.74) is 0. The van der Waals surface area contributed by atoms with Crippen molar-refractivity contribution >= 4 is 33.2 Å². The average Bonchev–Trinajstić information content (AvgIpc) is 2.60. The Balaban J connectivity index is 2.18. The second-order valence-electron chi connectivity index (χ2n) is 3.83. The van der Waals surface area contributed by atoms with E-state index in [0.29, 0.717) is 19.0 Å². The molecule has 0 unspecified atom stereocenters.